The molecule has 3 aromatic carbocycles. The minimum atomic E-state index is 0.344. The summed E-state index contributed by atoms with van der Waals surface area (Å²) in [6.07, 6.45) is 0.920. The first-order valence-corrected chi connectivity index (χ1v) is 7.74. The molecule has 0 aromatic heterocycles. The predicted octanol–water partition coefficient (Wildman–Crippen LogP) is 4.35. The molecule has 0 aliphatic carbocycles. The van der Waals surface area contributed by atoms with Crippen LogP contribution >= 0.6 is 0 Å². The van der Waals surface area contributed by atoms with Crippen LogP contribution in [0.4, 0.5) is 0 Å². The minimum Gasteiger partial charge on any atom is -0.493 e. The fourth-order valence-corrected chi connectivity index (χ4v) is 2.78. The fraction of sp³-hybridized carbons (Fsp3) is 0.200. The highest BCUT2D eigenvalue weighted by Gasteiger charge is 2.10. The van der Waals surface area contributed by atoms with Crippen molar-refractivity contribution in [2.24, 2.45) is 5.73 Å². The van der Waals surface area contributed by atoms with E-state index in [4.69, 9.17) is 10.5 Å². The van der Waals surface area contributed by atoms with Gasteiger partial charge in [-0.25, -0.2) is 0 Å². The maximum absolute atomic E-state index is 6.02. The summed E-state index contributed by atoms with van der Waals surface area (Å²) in [5.41, 5.74) is 7.20. The summed E-state index contributed by atoms with van der Waals surface area (Å²) >= 11 is 0. The van der Waals surface area contributed by atoms with Crippen LogP contribution in [0, 0.1) is 0 Å². The van der Waals surface area contributed by atoms with Gasteiger partial charge >= 0.3 is 0 Å². The van der Waals surface area contributed by atoms with Crippen LogP contribution < -0.4 is 10.5 Å². The van der Waals surface area contributed by atoms with Gasteiger partial charge in [-0.15, -0.1) is 0 Å². The van der Waals surface area contributed by atoms with E-state index in [1.165, 1.54) is 10.9 Å². The lowest BCUT2D eigenvalue weighted by Crippen LogP contribution is -2.15. The van der Waals surface area contributed by atoms with Crippen LogP contribution in [0.2, 0.25) is 0 Å². The summed E-state index contributed by atoms with van der Waals surface area (Å²) in [5.74, 6) is 1.29. The standard InChI is InChI=1S/C20H21NO/c21-15-18(16-7-2-1-3-8-16)13-14-22-20-12-6-10-17-9-4-5-11-19(17)20/h1-12,18H,13-15,21H2. The molecule has 2 N–H and O–H groups in total. The van der Waals surface area contributed by atoms with Crippen LogP contribution in [-0.4, -0.2) is 13.2 Å². The first-order chi connectivity index (χ1) is 10.9. The highest BCUT2D eigenvalue weighted by molar-refractivity contribution is 5.88. The molecule has 0 bridgehead atoms. The summed E-state index contributed by atoms with van der Waals surface area (Å²) in [5, 5.41) is 2.37. The van der Waals surface area contributed by atoms with Gasteiger partial charge in [0.1, 0.15) is 5.75 Å². The Bertz CT molecular complexity index is 719. The average Bonchev–Trinajstić information content (AvgIpc) is 2.59. The number of rotatable bonds is 6. The van der Waals surface area contributed by atoms with E-state index in [9.17, 15) is 0 Å². The molecule has 0 aliphatic heterocycles. The van der Waals surface area contributed by atoms with Crippen molar-refractivity contribution in [3.63, 3.8) is 0 Å². The Hall–Kier alpha value is -2.32. The second kappa shape index (κ2) is 7.10. The average molecular weight is 291 g/mol. The highest BCUT2D eigenvalue weighted by Crippen LogP contribution is 2.26. The monoisotopic (exact) mass is 291 g/mol. The van der Waals surface area contributed by atoms with Gasteiger partial charge in [0, 0.05) is 5.39 Å². The maximum atomic E-state index is 6.02. The molecule has 0 saturated heterocycles. The van der Waals surface area contributed by atoms with Crippen molar-refractivity contribution in [3.8, 4) is 5.75 Å². The van der Waals surface area contributed by atoms with E-state index in [0.29, 0.717) is 19.1 Å². The zero-order valence-electron chi connectivity index (χ0n) is 12.6. The van der Waals surface area contributed by atoms with Crippen molar-refractivity contribution in [2.75, 3.05) is 13.2 Å². The molecule has 0 fully saturated rings. The molecule has 3 aromatic rings. The zero-order chi connectivity index (χ0) is 15.2. The van der Waals surface area contributed by atoms with Crippen LogP contribution in [-0.2, 0) is 0 Å². The van der Waals surface area contributed by atoms with Crippen molar-refractivity contribution in [2.45, 2.75) is 12.3 Å². The topological polar surface area (TPSA) is 35.2 Å². The third-order valence-electron chi connectivity index (χ3n) is 4.03. The summed E-state index contributed by atoms with van der Waals surface area (Å²) in [6.45, 7) is 1.31. The highest BCUT2D eigenvalue weighted by atomic mass is 16.5. The number of ether oxygens (including phenoxy) is 1. The molecule has 3 rings (SSSR count). The van der Waals surface area contributed by atoms with Gasteiger partial charge in [0.2, 0.25) is 0 Å². The molecule has 2 nitrogen and oxygen atoms in total. The zero-order valence-corrected chi connectivity index (χ0v) is 12.6. The molecule has 0 spiro atoms. The number of nitrogens with two attached hydrogens (primary N) is 1. The lowest BCUT2D eigenvalue weighted by molar-refractivity contribution is 0.301. The quantitative estimate of drug-likeness (QED) is 0.732. The predicted molar refractivity (Wildman–Crippen MR) is 92.3 cm³/mol. The number of fused-ring (bicyclic) bond motifs is 1. The normalized spacial score (nSPS) is 12.2. The Balaban J connectivity index is 1.67. The van der Waals surface area contributed by atoms with Crippen molar-refractivity contribution >= 4 is 10.8 Å². The van der Waals surface area contributed by atoms with E-state index in [2.05, 4.69) is 42.5 Å². The van der Waals surface area contributed by atoms with Gasteiger partial charge in [0.25, 0.3) is 0 Å². The van der Waals surface area contributed by atoms with Crippen molar-refractivity contribution < 1.29 is 4.74 Å². The molecule has 0 heterocycles. The van der Waals surface area contributed by atoms with Gasteiger partial charge in [-0.1, -0.05) is 66.7 Å². The fourth-order valence-electron chi connectivity index (χ4n) is 2.78. The summed E-state index contributed by atoms with van der Waals surface area (Å²) in [4.78, 5) is 0. The number of hydrogen-bond acceptors (Lipinski definition) is 2. The first-order valence-electron chi connectivity index (χ1n) is 7.74. The SMILES string of the molecule is NCC(CCOc1cccc2ccccc12)c1ccccc1. The molecule has 22 heavy (non-hydrogen) atoms. The van der Waals surface area contributed by atoms with Gasteiger partial charge in [-0.2, -0.15) is 0 Å². The van der Waals surface area contributed by atoms with Gasteiger partial charge in [0.15, 0.2) is 0 Å². The third-order valence-corrected chi connectivity index (χ3v) is 4.03. The number of hydrogen-bond donors (Lipinski definition) is 1. The smallest absolute Gasteiger partial charge is 0.127 e. The van der Waals surface area contributed by atoms with Crippen LogP contribution in [0.5, 0.6) is 5.75 Å². The van der Waals surface area contributed by atoms with E-state index in [1.54, 1.807) is 0 Å². The van der Waals surface area contributed by atoms with Crippen LogP contribution in [0.15, 0.2) is 72.8 Å². The lowest BCUT2D eigenvalue weighted by atomic mass is 9.96. The Morgan fingerprint density at radius 3 is 2.36 bits per heavy atom. The largest absolute Gasteiger partial charge is 0.493 e. The molecular weight excluding hydrogens is 270 g/mol. The van der Waals surface area contributed by atoms with Crippen molar-refractivity contribution in [1.82, 2.24) is 0 Å². The molecule has 2 heteroatoms. The van der Waals surface area contributed by atoms with Crippen molar-refractivity contribution in [3.05, 3.63) is 78.4 Å². The van der Waals surface area contributed by atoms with Gasteiger partial charge < -0.3 is 10.5 Å². The molecule has 112 valence electrons. The third kappa shape index (κ3) is 3.29. The summed E-state index contributed by atoms with van der Waals surface area (Å²) < 4.78 is 6.02. The Labute approximate surface area is 131 Å². The van der Waals surface area contributed by atoms with Gasteiger partial charge in [0.05, 0.1) is 6.61 Å². The molecule has 1 atom stereocenters. The molecule has 0 radical (unpaired) electrons. The second-order valence-corrected chi connectivity index (χ2v) is 5.46. The Morgan fingerprint density at radius 1 is 0.818 bits per heavy atom. The summed E-state index contributed by atoms with van der Waals surface area (Å²) in [7, 11) is 0. The van der Waals surface area contributed by atoms with Crippen LogP contribution in [0.3, 0.4) is 0 Å². The first kappa shape index (κ1) is 14.6. The summed E-state index contributed by atoms with van der Waals surface area (Å²) in [6, 6.07) is 24.9. The van der Waals surface area contributed by atoms with Crippen molar-refractivity contribution in [1.29, 1.82) is 0 Å². The van der Waals surface area contributed by atoms with E-state index >= 15 is 0 Å². The molecule has 0 aliphatic rings. The van der Waals surface area contributed by atoms with Gasteiger partial charge in [-0.05, 0) is 35.9 Å². The van der Waals surface area contributed by atoms with Crippen LogP contribution in [0.1, 0.15) is 17.9 Å². The molecule has 1 unspecified atom stereocenters. The Morgan fingerprint density at radius 2 is 1.55 bits per heavy atom. The van der Waals surface area contributed by atoms with Crippen LogP contribution in [0.25, 0.3) is 10.8 Å². The minimum absolute atomic E-state index is 0.344. The van der Waals surface area contributed by atoms with E-state index in [1.807, 2.05) is 30.3 Å². The number of benzene rings is 3. The van der Waals surface area contributed by atoms with Gasteiger partial charge in [-0.3, -0.25) is 0 Å². The molecular formula is C20H21NO. The van der Waals surface area contributed by atoms with E-state index in [0.717, 1.165) is 17.6 Å². The lowest BCUT2D eigenvalue weighted by Gasteiger charge is -2.16. The Kier molecular flexibility index (Phi) is 4.71. The molecule has 0 amide bonds. The second-order valence-electron chi connectivity index (χ2n) is 5.46. The maximum Gasteiger partial charge on any atom is 0.127 e. The molecule has 0 saturated carbocycles. The van der Waals surface area contributed by atoms with E-state index < -0.39 is 0 Å². The van der Waals surface area contributed by atoms with E-state index in [-0.39, 0.29) is 0 Å².